The largest absolute Gasteiger partial charge is 0.334 e. The molecule has 2 aromatic rings. The topological polar surface area (TPSA) is 35.9 Å². The smallest absolute Gasteiger partial charge is 0.269 e. The highest BCUT2D eigenvalue weighted by Crippen LogP contribution is 2.50. The lowest BCUT2D eigenvalue weighted by molar-refractivity contribution is -0.121. The Hall–Kier alpha value is -2.44. The summed E-state index contributed by atoms with van der Waals surface area (Å²) in [4.78, 5) is 24.0. The summed E-state index contributed by atoms with van der Waals surface area (Å²) in [6.45, 7) is 11.3. The molecule has 2 aliphatic rings. The maximum atomic E-state index is 13.3. The van der Waals surface area contributed by atoms with Gasteiger partial charge in [-0.1, -0.05) is 42.1 Å². The normalized spacial score (nSPS) is 20.0. The molecule has 0 bridgehead atoms. The number of para-hydroxylation sites is 1. The van der Waals surface area contributed by atoms with Crippen LogP contribution in [0.2, 0.25) is 0 Å². The lowest BCUT2D eigenvalue weighted by Gasteiger charge is -2.19. The highest BCUT2D eigenvalue weighted by atomic mass is 32.2. The van der Waals surface area contributed by atoms with E-state index >= 15 is 0 Å². The van der Waals surface area contributed by atoms with Gasteiger partial charge in [-0.2, -0.15) is 0 Å². The quantitative estimate of drug-likeness (QED) is 0.458. The summed E-state index contributed by atoms with van der Waals surface area (Å²) in [5.74, 6) is -0.00675. The number of carbonyl (C=O) groups is 1. The minimum atomic E-state index is -0.00675. The number of amidine groups is 1. The molecule has 0 atom stereocenters. The van der Waals surface area contributed by atoms with Gasteiger partial charge in [-0.25, -0.2) is 4.99 Å². The van der Waals surface area contributed by atoms with Gasteiger partial charge in [0.15, 0.2) is 5.17 Å². The number of anilines is 1. The standard InChI is InChI=1S/C23H23N3OS2/c1-5-13-26-21(27)20(22-25(6-2)18-9-7-8-10-19(18)28-22)29-23(26)24-17-14-15(3)11-12-16(17)4/h5,7-12,14H,1,6,13H2,2-4H3/b22-20-,24-23?. The Bertz CT molecular complexity index is 1060. The maximum absolute atomic E-state index is 13.3. The van der Waals surface area contributed by atoms with Crippen LogP contribution in [0.1, 0.15) is 18.1 Å². The van der Waals surface area contributed by atoms with Crippen molar-refractivity contribution < 1.29 is 4.79 Å². The van der Waals surface area contributed by atoms with Crippen LogP contribution >= 0.6 is 23.5 Å². The average Bonchev–Trinajstić information content (AvgIpc) is 3.23. The van der Waals surface area contributed by atoms with Crippen molar-refractivity contribution in [2.75, 3.05) is 18.0 Å². The summed E-state index contributed by atoms with van der Waals surface area (Å²) in [5.41, 5.74) is 4.30. The molecule has 1 saturated heterocycles. The van der Waals surface area contributed by atoms with Gasteiger partial charge in [0, 0.05) is 18.0 Å². The second-order valence-corrected chi connectivity index (χ2v) is 8.95. The minimum Gasteiger partial charge on any atom is -0.334 e. The Balaban J connectivity index is 1.78. The van der Waals surface area contributed by atoms with Crippen molar-refractivity contribution in [1.29, 1.82) is 0 Å². The van der Waals surface area contributed by atoms with Crippen LogP contribution in [0.3, 0.4) is 0 Å². The summed E-state index contributed by atoms with van der Waals surface area (Å²) < 4.78 is 0. The summed E-state index contributed by atoms with van der Waals surface area (Å²) in [6, 6.07) is 14.5. The van der Waals surface area contributed by atoms with Crippen molar-refractivity contribution in [3.63, 3.8) is 0 Å². The number of carbonyl (C=O) groups excluding carboxylic acids is 1. The van der Waals surface area contributed by atoms with E-state index in [1.165, 1.54) is 16.7 Å². The zero-order valence-electron chi connectivity index (χ0n) is 16.8. The average molecular weight is 422 g/mol. The van der Waals surface area contributed by atoms with E-state index in [-0.39, 0.29) is 5.91 Å². The zero-order chi connectivity index (χ0) is 20.5. The molecule has 4 nitrogen and oxygen atoms in total. The van der Waals surface area contributed by atoms with E-state index in [2.05, 4.69) is 55.7 Å². The van der Waals surface area contributed by atoms with Gasteiger partial charge in [0.1, 0.15) is 9.93 Å². The van der Waals surface area contributed by atoms with Gasteiger partial charge in [-0.15, -0.1) is 6.58 Å². The van der Waals surface area contributed by atoms with E-state index in [1.807, 2.05) is 19.1 Å². The fraction of sp³-hybridized carbons (Fsp3) is 0.217. The van der Waals surface area contributed by atoms with E-state index in [4.69, 9.17) is 4.99 Å². The number of nitrogens with zero attached hydrogens (tertiary/aromatic N) is 3. The van der Waals surface area contributed by atoms with E-state index in [9.17, 15) is 4.79 Å². The van der Waals surface area contributed by atoms with Crippen LogP contribution in [0.5, 0.6) is 0 Å². The number of hydrogen-bond donors (Lipinski definition) is 0. The first-order valence-corrected chi connectivity index (χ1v) is 11.2. The van der Waals surface area contributed by atoms with Crippen LogP contribution in [-0.4, -0.2) is 29.1 Å². The Kier molecular flexibility index (Phi) is 5.56. The van der Waals surface area contributed by atoms with Crippen molar-refractivity contribution >= 4 is 46.0 Å². The predicted molar refractivity (Wildman–Crippen MR) is 125 cm³/mol. The lowest BCUT2D eigenvalue weighted by Crippen LogP contribution is -2.30. The lowest BCUT2D eigenvalue weighted by atomic mass is 10.1. The SMILES string of the molecule is C=CCN1C(=O)/C(=C2/Sc3ccccc3N2CC)SC1=Nc1cc(C)ccc1C. The number of aliphatic imine (C=N–C) groups is 1. The van der Waals surface area contributed by atoms with Crippen molar-refractivity contribution in [3.8, 4) is 0 Å². The predicted octanol–water partition coefficient (Wildman–Crippen LogP) is 5.85. The van der Waals surface area contributed by atoms with Gasteiger partial charge >= 0.3 is 0 Å². The Morgan fingerprint density at radius 1 is 1.10 bits per heavy atom. The molecule has 4 rings (SSSR count). The molecule has 0 aliphatic carbocycles. The van der Waals surface area contributed by atoms with Crippen molar-refractivity contribution in [2.45, 2.75) is 25.7 Å². The molecule has 2 aromatic carbocycles. The number of fused-ring (bicyclic) bond motifs is 1. The number of amides is 1. The second kappa shape index (κ2) is 8.13. The first-order valence-electron chi connectivity index (χ1n) is 9.58. The Labute approximate surface area is 180 Å². The molecule has 0 saturated carbocycles. The molecule has 2 heterocycles. The molecule has 2 aliphatic heterocycles. The van der Waals surface area contributed by atoms with Gasteiger partial charge in [-0.3, -0.25) is 9.69 Å². The molecule has 29 heavy (non-hydrogen) atoms. The number of thioether (sulfide) groups is 2. The molecular formula is C23H23N3OS2. The third kappa shape index (κ3) is 3.63. The molecule has 0 N–H and O–H groups in total. The van der Waals surface area contributed by atoms with Crippen LogP contribution < -0.4 is 4.90 Å². The van der Waals surface area contributed by atoms with Crippen LogP contribution in [0.25, 0.3) is 0 Å². The Morgan fingerprint density at radius 2 is 1.90 bits per heavy atom. The van der Waals surface area contributed by atoms with Crippen molar-refractivity contribution in [3.05, 3.63) is 76.2 Å². The van der Waals surface area contributed by atoms with Gasteiger partial charge in [0.2, 0.25) is 0 Å². The maximum Gasteiger partial charge on any atom is 0.269 e. The Morgan fingerprint density at radius 3 is 2.66 bits per heavy atom. The first-order chi connectivity index (χ1) is 14.0. The highest BCUT2D eigenvalue weighted by molar-refractivity contribution is 8.19. The first kappa shape index (κ1) is 19.9. The monoisotopic (exact) mass is 421 g/mol. The number of benzene rings is 2. The van der Waals surface area contributed by atoms with Gasteiger partial charge in [0.05, 0.1) is 11.4 Å². The number of aryl methyl sites for hydroxylation is 2. The minimum absolute atomic E-state index is 0.00675. The number of rotatable bonds is 4. The second-order valence-electron chi connectivity index (χ2n) is 6.94. The molecule has 1 fully saturated rings. The molecule has 148 valence electrons. The molecule has 0 aromatic heterocycles. The van der Waals surface area contributed by atoms with Crippen molar-refractivity contribution in [2.24, 2.45) is 4.99 Å². The third-order valence-electron chi connectivity index (χ3n) is 4.87. The van der Waals surface area contributed by atoms with E-state index in [0.29, 0.717) is 11.7 Å². The fourth-order valence-electron chi connectivity index (χ4n) is 3.37. The highest BCUT2D eigenvalue weighted by Gasteiger charge is 2.39. The summed E-state index contributed by atoms with van der Waals surface area (Å²) in [7, 11) is 0. The summed E-state index contributed by atoms with van der Waals surface area (Å²) >= 11 is 3.12. The molecule has 0 unspecified atom stereocenters. The van der Waals surface area contributed by atoms with Gasteiger partial charge in [0.25, 0.3) is 5.91 Å². The van der Waals surface area contributed by atoms with Crippen LogP contribution in [0.15, 0.2) is 74.9 Å². The van der Waals surface area contributed by atoms with E-state index in [1.54, 1.807) is 22.7 Å². The third-order valence-corrected chi connectivity index (χ3v) is 7.25. The van der Waals surface area contributed by atoms with Gasteiger partial charge < -0.3 is 4.90 Å². The molecule has 1 amide bonds. The molecule has 6 heteroatoms. The van der Waals surface area contributed by atoms with Crippen LogP contribution in [0, 0.1) is 13.8 Å². The fourth-order valence-corrected chi connectivity index (χ4v) is 5.76. The molecular weight excluding hydrogens is 398 g/mol. The van der Waals surface area contributed by atoms with E-state index in [0.717, 1.165) is 39.0 Å². The molecule has 0 radical (unpaired) electrons. The summed E-state index contributed by atoms with van der Waals surface area (Å²) in [5, 5.41) is 1.70. The van der Waals surface area contributed by atoms with Crippen LogP contribution in [-0.2, 0) is 4.79 Å². The molecule has 0 spiro atoms. The zero-order valence-corrected chi connectivity index (χ0v) is 18.4. The number of hydrogen-bond acceptors (Lipinski definition) is 5. The summed E-state index contributed by atoms with van der Waals surface area (Å²) in [6.07, 6.45) is 1.75. The van der Waals surface area contributed by atoms with E-state index < -0.39 is 0 Å². The van der Waals surface area contributed by atoms with Crippen molar-refractivity contribution in [1.82, 2.24) is 4.90 Å². The van der Waals surface area contributed by atoms with Gasteiger partial charge in [-0.05, 0) is 61.9 Å². The van der Waals surface area contributed by atoms with Crippen LogP contribution in [0.4, 0.5) is 11.4 Å².